The largest absolute Gasteiger partial charge is 0.399 e. The van der Waals surface area contributed by atoms with Crippen molar-refractivity contribution in [3.8, 4) is 0 Å². The molecule has 1 saturated heterocycles. The van der Waals surface area contributed by atoms with E-state index in [4.69, 9.17) is 5.73 Å². The molecule has 0 amide bonds. The van der Waals surface area contributed by atoms with Crippen LogP contribution >= 0.6 is 0 Å². The summed E-state index contributed by atoms with van der Waals surface area (Å²) < 4.78 is 0. The molecular formula is C15H22N2. The smallest absolute Gasteiger partial charge is 0.0314 e. The lowest BCUT2D eigenvalue weighted by atomic mass is 9.85. The molecular weight excluding hydrogens is 208 g/mol. The molecule has 0 spiro atoms. The summed E-state index contributed by atoms with van der Waals surface area (Å²) >= 11 is 0. The maximum atomic E-state index is 5.74. The average molecular weight is 230 g/mol. The zero-order chi connectivity index (χ0) is 11.7. The van der Waals surface area contributed by atoms with Crippen LogP contribution in [0.4, 0.5) is 5.69 Å². The van der Waals surface area contributed by atoms with Gasteiger partial charge in [-0.25, -0.2) is 0 Å². The van der Waals surface area contributed by atoms with Gasteiger partial charge in [-0.2, -0.15) is 0 Å². The molecule has 1 aromatic rings. The van der Waals surface area contributed by atoms with Crippen LogP contribution in [0.1, 0.15) is 43.6 Å². The minimum Gasteiger partial charge on any atom is -0.399 e. The molecule has 1 aromatic carbocycles. The number of hydrogen-bond donors (Lipinski definition) is 1. The van der Waals surface area contributed by atoms with Gasteiger partial charge in [-0.1, -0.05) is 18.6 Å². The Bertz CT molecular complexity index is 359. The Labute approximate surface area is 104 Å². The molecule has 0 atom stereocenters. The van der Waals surface area contributed by atoms with Crippen molar-refractivity contribution in [3.63, 3.8) is 0 Å². The van der Waals surface area contributed by atoms with E-state index in [9.17, 15) is 0 Å². The number of piperidine rings is 1. The fourth-order valence-corrected chi connectivity index (χ4v) is 3.12. The molecule has 1 aliphatic heterocycles. The summed E-state index contributed by atoms with van der Waals surface area (Å²) in [6, 6.07) is 9.40. The first-order valence-electron chi connectivity index (χ1n) is 6.92. The predicted molar refractivity (Wildman–Crippen MR) is 72.0 cm³/mol. The first kappa shape index (κ1) is 11.1. The van der Waals surface area contributed by atoms with Crippen LogP contribution in [-0.4, -0.2) is 24.0 Å². The SMILES string of the molecule is Nc1ccc(C2CCN(C3CCC3)CC2)cc1. The second-order valence-corrected chi connectivity index (χ2v) is 5.56. The summed E-state index contributed by atoms with van der Waals surface area (Å²) in [4.78, 5) is 2.71. The van der Waals surface area contributed by atoms with Crippen LogP contribution in [0.3, 0.4) is 0 Å². The molecule has 3 rings (SSSR count). The molecule has 2 nitrogen and oxygen atoms in total. The Morgan fingerprint density at radius 3 is 2.12 bits per heavy atom. The fourth-order valence-electron chi connectivity index (χ4n) is 3.12. The van der Waals surface area contributed by atoms with Gasteiger partial charge in [0.05, 0.1) is 0 Å². The van der Waals surface area contributed by atoms with Crippen molar-refractivity contribution < 1.29 is 0 Å². The van der Waals surface area contributed by atoms with E-state index < -0.39 is 0 Å². The minimum atomic E-state index is 0.756. The molecule has 2 heteroatoms. The molecule has 17 heavy (non-hydrogen) atoms. The third kappa shape index (κ3) is 2.32. The van der Waals surface area contributed by atoms with Gasteiger partial charge in [-0.3, -0.25) is 0 Å². The van der Waals surface area contributed by atoms with Gasteiger partial charge in [0.1, 0.15) is 0 Å². The summed E-state index contributed by atoms with van der Waals surface area (Å²) in [5.74, 6) is 0.756. The van der Waals surface area contributed by atoms with Crippen molar-refractivity contribution in [1.82, 2.24) is 4.90 Å². The number of benzene rings is 1. The predicted octanol–water partition coefficient (Wildman–Crippen LogP) is 3.00. The molecule has 1 heterocycles. The van der Waals surface area contributed by atoms with E-state index in [2.05, 4.69) is 17.0 Å². The maximum absolute atomic E-state index is 5.74. The first-order chi connectivity index (χ1) is 8.33. The molecule has 1 saturated carbocycles. The summed E-state index contributed by atoms with van der Waals surface area (Å²) in [5, 5.41) is 0. The highest BCUT2D eigenvalue weighted by atomic mass is 15.2. The van der Waals surface area contributed by atoms with Crippen LogP contribution in [-0.2, 0) is 0 Å². The summed E-state index contributed by atoms with van der Waals surface area (Å²) in [5.41, 5.74) is 8.09. The fraction of sp³-hybridized carbons (Fsp3) is 0.600. The van der Waals surface area contributed by atoms with Gasteiger partial charge in [0.25, 0.3) is 0 Å². The number of nitrogens with two attached hydrogens (primary N) is 1. The van der Waals surface area contributed by atoms with E-state index in [0.717, 1.165) is 17.6 Å². The van der Waals surface area contributed by atoms with Crippen molar-refractivity contribution in [3.05, 3.63) is 29.8 Å². The molecule has 1 aliphatic carbocycles. The molecule has 0 aromatic heterocycles. The van der Waals surface area contributed by atoms with Gasteiger partial charge in [0.15, 0.2) is 0 Å². The van der Waals surface area contributed by atoms with Crippen molar-refractivity contribution >= 4 is 5.69 Å². The van der Waals surface area contributed by atoms with E-state index in [0.29, 0.717) is 0 Å². The lowest BCUT2D eigenvalue weighted by Crippen LogP contribution is -2.44. The third-order valence-corrected chi connectivity index (χ3v) is 4.53. The number of rotatable bonds is 2. The number of likely N-dealkylation sites (tertiary alicyclic amines) is 1. The van der Waals surface area contributed by atoms with E-state index in [-0.39, 0.29) is 0 Å². The zero-order valence-corrected chi connectivity index (χ0v) is 10.4. The van der Waals surface area contributed by atoms with Crippen LogP contribution in [0, 0.1) is 0 Å². The van der Waals surface area contributed by atoms with Gasteiger partial charge in [-0.15, -0.1) is 0 Å². The average Bonchev–Trinajstić information content (AvgIpc) is 2.29. The number of anilines is 1. The van der Waals surface area contributed by atoms with E-state index >= 15 is 0 Å². The normalized spacial score (nSPS) is 23.5. The topological polar surface area (TPSA) is 29.3 Å². The molecule has 0 radical (unpaired) electrons. The van der Waals surface area contributed by atoms with Gasteiger partial charge in [-0.05, 0) is 62.4 Å². The van der Waals surface area contributed by atoms with Crippen molar-refractivity contribution in [2.24, 2.45) is 0 Å². The van der Waals surface area contributed by atoms with E-state index in [1.165, 1.54) is 50.8 Å². The molecule has 2 N–H and O–H groups in total. The molecule has 0 unspecified atom stereocenters. The highest BCUT2D eigenvalue weighted by molar-refractivity contribution is 5.40. The van der Waals surface area contributed by atoms with Gasteiger partial charge in [0, 0.05) is 11.7 Å². The summed E-state index contributed by atoms with van der Waals surface area (Å²) in [6.45, 7) is 2.58. The van der Waals surface area contributed by atoms with Gasteiger partial charge in [0.2, 0.25) is 0 Å². The molecule has 0 bridgehead atoms. The Balaban J connectivity index is 1.58. The first-order valence-corrected chi connectivity index (χ1v) is 6.92. The number of hydrogen-bond acceptors (Lipinski definition) is 2. The van der Waals surface area contributed by atoms with Crippen molar-refractivity contribution in [2.45, 2.75) is 44.1 Å². The summed E-state index contributed by atoms with van der Waals surface area (Å²) in [7, 11) is 0. The molecule has 2 fully saturated rings. The monoisotopic (exact) mass is 230 g/mol. The minimum absolute atomic E-state index is 0.756. The highest BCUT2D eigenvalue weighted by Crippen LogP contribution is 2.33. The van der Waals surface area contributed by atoms with Crippen LogP contribution in [0.15, 0.2) is 24.3 Å². The van der Waals surface area contributed by atoms with E-state index in [1.807, 2.05) is 12.1 Å². The Morgan fingerprint density at radius 2 is 1.59 bits per heavy atom. The summed E-state index contributed by atoms with van der Waals surface area (Å²) in [6.07, 6.45) is 6.96. The van der Waals surface area contributed by atoms with Crippen molar-refractivity contribution in [2.75, 3.05) is 18.8 Å². The Hall–Kier alpha value is -1.02. The zero-order valence-electron chi connectivity index (χ0n) is 10.4. The van der Waals surface area contributed by atoms with Gasteiger partial charge < -0.3 is 10.6 Å². The lowest BCUT2D eigenvalue weighted by Gasteiger charge is -2.41. The van der Waals surface area contributed by atoms with Crippen LogP contribution in [0.2, 0.25) is 0 Å². The Kier molecular flexibility index (Phi) is 3.06. The van der Waals surface area contributed by atoms with Crippen molar-refractivity contribution in [1.29, 1.82) is 0 Å². The second kappa shape index (κ2) is 4.69. The van der Waals surface area contributed by atoms with E-state index in [1.54, 1.807) is 0 Å². The van der Waals surface area contributed by atoms with Crippen LogP contribution < -0.4 is 5.73 Å². The Morgan fingerprint density at radius 1 is 0.941 bits per heavy atom. The molecule has 2 aliphatic rings. The molecule has 92 valence electrons. The second-order valence-electron chi connectivity index (χ2n) is 5.56. The third-order valence-electron chi connectivity index (χ3n) is 4.53. The van der Waals surface area contributed by atoms with Crippen LogP contribution in [0.25, 0.3) is 0 Å². The van der Waals surface area contributed by atoms with Crippen LogP contribution in [0.5, 0.6) is 0 Å². The highest BCUT2D eigenvalue weighted by Gasteiger charge is 2.28. The quantitative estimate of drug-likeness (QED) is 0.791. The number of nitrogen functional groups attached to an aromatic ring is 1. The van der Waals surface area contributed by atoms with Gasteiger partial charge >= 0.3 is 0 Å². The number of nitrogens with zero attached hydrogens (tertiary/aromatic N) is 1. The maximum Gasteiger partial charge on any atom is 0.0314 e. The standard InChI is InChI=1S/C15H22N2/c16-14-6-4-12(5-7-14)13-8-10-17(11-9-13)15-2-1-3-15/h4-7,13,15H,1-3,8-11,16H2. The lowest BCUT2D eigenvalue weighted by molar-refractivity contribution is 0.0975.